The minimum Gasteiger partial charge on any atom is -0.423 e. The average molecular weight is 323 g/mol. The molecular weight excluding hydrogens is 306 g/mol. The molecule has 0 radical (unpaired) electrons. The van der Waals surface area contributed by atoms with Gasteiger partial charge in [0.15, 0.2) is 0 Å². The lowest BCUT2D eigenvalue weighted by molar-refractivity contribution is 0.102. The molecule has 122 valence electrons. The zero-order chi connectivity index (χ0) is 17.1. The first-order valence-electron chi connectivity index (χ1n) is 7.36. The molecule has 1 amide bonds. The Morgan fingerprint density at radius 2 is 2.04 bits per heavy atom. The molecule has 0 atom stereocenters. The summed E-state index contributed by atoms with van der Waals surface area (Å²) in [6.07, 6.45) is 2.88. The Labute approximate surface area is 139 Å². The van der Waals surface area contributed by atoms with E-state index in [0.717, 1.165) is 16.8 Å². The maximum Gasteiger partial charge on any atom is 0.274 e. The lowest BCUT2D eigenvalue weighted by atomic mass is 10.1. The van der Waals surface area contributed by atoms with Crippen molar-refractivity contribution in [3.63, 3.8) is 0 Å². The number of benzene rings is 1. The highest BCUT2D eigenvalue weighted by molar-refractivity contribution is 6.04. The molecule has 3 aromatic rings. The van der Waals surface area contributed by atoms with E-state index in [2.05, 4.69) is 20.5 Å². The van der Waals surface area contributed by atoms with E-state index in [-0.39, 0.29) is 5.91 Å². The van der Waals surface area contributed by atoms with Gasteiger partial charge in [-0.1, -0.05) is 6.07 Å². The summed E-state index contributed by atoms with van der Waals surface area (Å²) in [7, 11) is 3.82. The summed E-state index contributed by atoms with van der Waals surface area (Å²) in [4.78, 5) is 18.6. The number of hydrogen-bond acceptors (Lipinski definition) is 6. The average Bonchev–Trinajstić information content (AvgIpc) is 3.11. The van der Waals surface area contributed by atoms with E-state index in [4.69, 9.17) is 4.42 Å². The second-order valence-electron chi connectivity index (χ2n) is 5.52. The van der Waals surface area contributed by atoms with E-state index < -0.39 is 0 Å². The number of aryl methyl sites for hydroxylation is 1. The maximum atomic E-state index is 12.5. The minimum absolute atomic E-state index is 0.274. The summed E-state index contributed by atoms with van der Waals surface area (Å²) >= 11 is 0. The zero-order valence-electron chi connectivity index (χ0n) is 13.6. The molecule has 0 fully saturated rings. The lowest BCUT2D eigenvalue weighted by Crippen LogP contribution is -2.16. The van der Waals surface area contributed by atoms with Gasteiger partial charge in [-0.25, -0.2) is 0 Å². The summed E-state index contributed by atoms with van der Waals surface area (Å²) in [5.41, 5.74) is 3.60. The van der Waals surface area contributed by atoms with Crippen molar-refractivity contribution < 1.29 is 9.21 Å². The van der Waals surface area contributed by atoms with Gasteiger partial charge in [-0.15, -0.1) is 10.2 Å². The van der Waals surface area contributed by atoms with Crippen LogP contribution >= 0.6 is 0 Å². The van der Waals surface area contributed by atoms with E-state index in [9.17, 15) is 4.79 Å². The van der Waals surface area contributed by atoms with Gasteiger partial charge >= 0.3 is 0 Å². The van der Waals surface area contributed by atoms with Crippen molar-refractivity contribution in [1.29, 1.82) is 0 Å². The van der Waals surface area contributed by atoms with Crippen LogP contribution in [0.5, 0.6) is 0 Å². The van der Waals surface area contributed by atoms with E-state index in [1.807, 2.05) is 44.1 Å². The molecule has 0 aliphatic heterocycles. The van der Waals surface area contributed by atoms with Crippen molar-refractivity contribution in [2.75, 3.05) is 24.3 Å². The van der Waals surface area contributed by atoms with Crippen LogP contribution < -0.4 is 10.2 Å². The molecule has 24 heavy (non-hydrogen) atoms. The minimum atomic E-state index is -0.274. The van der Waals surface area contributed by atoms with Crippen LogP contribution in [0, 0.1) is 6.92 Å². The van der Waals surface area contributed by atoms with E-state index in [1.54, 1.807) is 18.3 Å². The van der Waals surface area contributed by atoms with Crippen LogP contribution in [0.4, 0.5) is 11.4 Å². The van der Waals surface area contributed by atoms with Crippen LogP contribution in [0.2, 0.25) is 0 Å². The Morgan fingerprint density at radius 3 is 2.75 bits per heavy atom. The fourth-order valence-corrected chi connectivity index (χ4v) is 2.20. The van der Waals surface area contributed by atoms with Gasteiger partial charge in [0.1, 0.15) is 5.69 Å². The number of carbonyl (C=O) groups is 1. The summed E-state index contributed by atoms with van der Waals surface area (Å²) in [5, 5.41) is 10.4. The standard InChI is InChI=1S/C17H17N5O2/c1-11-4-5-12(17-21-19-10-24-17)8-14(11)20-16(23)15-9-13(22(2)3)6-7-18-15/h4-10H,1-3H3,(H,20,23). The highest BCUT2D eigenvalue weighted by atomic mass is 16.4. The van der Waals surface area contributed by atoms with Crippen LogP contribution in [0.3, 0.4) is 0 Å². The van der Waals surface area contributed by atoms with Crippen LogP contribution in [0.1, 0.15) is 16.1 Å². The first kappa shape index (κ1) is 15.7. The summed E-state index contributed by atoms with van der Waals surface area (Å²) < 4.78 is 5.19. The molecule has 0 bridgehead atoms. The van der Waals surface area contributed by atoms with Gasteiger partial charge in [-0.2, -0.15) is 0 Å². The molecular formula is C17H17N5O2. The molecule has 7 nitrogen and oxygen atoms in total. The number of pyridine rings is 1. The Balaban J connectivity index is 1.86. The number of rotatable bonds is 4. The van der Waals surface area contributed by atoms with E-state index in [0.29, 0.717) is 17.3 Å². The molecule has 0 saturated carbocycles. The lowest BCUT2D eigenvalue weighted by Gasteiger charge is -2.13. The van der Waals surface area contributed by atoms with Gasteiger partial charge in [0, 0.05) is 37.2 Å². The van der Waals surface area contributed by atoms with Crippen LogP contribution in [0.15, 0.2) is 47.3 Å². The topological polar surface area (TPSA) is 84.2 Å². The van der Waals surface area contributed by atoms with E-state index >= 15 is 0 Å². The van der Waals surface area contributed by atoms with Crippen LogP contribution in [-0.4, -0.2) is 35.2 Å². The molecule has 2 aromatic heterocycles. The van der Waals surface area contributed by atoms with Crippen molar-refractivity contribution in [2.45, 2.75) is 6.92 Å². The molecule has 0 aliphatic rings. The van der Waals surface area contributed by atoms with Crippen LogP contribution in [-0.2, 0) is 0 Å². The molecule has 3 rings (SSSR count). The Hall–Kier alpha value is -3.22. The third-order valence-electron chi connectivity index (χ3n) is 3.59. The quantitative estimate of drug-likeness (QED) is 0.795. The van der Waals surface area contributed by atoms with Crippen molar-refractivity contribution >= 4 is 17.3 Å². The molecule has 1 aromatic carbocycles. The normalized spacial score (nSPS) is 10.5. The van der Waals surface area contributed by atoms with Gasteiger partial charge in [0.25, 0.3) is 5.91 Å². The van der Waals surface area contributed by atoms with E-state index in [1.165, 1.54) is 6.39 Å². The summed E-state index contributed by atoms with van der Waals surface area (Å²) in [5.74, 6) is 0.128. The smallest absolute Gasteiger partial charge is 0.274 e. The molecule has 2 heterocycles. The molecule has 7 heteroatoms. The molecule has 0 aliphatic carbocycles. The number of nitrogens with one attached hydrogen (secondary N) is 1. The highest BCUT2D eigenvalue weighted by Crippen LogP contribution is 2.24. The predicted molar refractivity (Wildman–Crippen MR) is 91.0 cm³/mol. The monoisotopic (exact) mass is 323 g/mol. The summed E-state index contributed by atoms with van der Waals surface area (Å²) in [6, 6.07) is 9.14. The first-order valence-corrected chi connectivity index (χ1v) is 7.36. The number of hydrogen-bond donors (Lipinski definition) is 1. The zero-order valence-corrected chi connectivity index (χ0v) is 13.6. The summed E-state index contributed by atoms with van der Waals surface area (Å²) in [6.45, 7) is 1.91. The largest absolute Gasteiger partial charge is 0.423 e. The fraction of sp³-hybridized carbons (Fsp3) is 0.176. The van der Waals surface area contributed by atoms with Crippen molar-refractivity contribution in [3.05, 3.63) is 54.2 Å². The van der Waals surface area contributed by atoms with Gasteiger partial charge in [-0.05, 0) is 36.8 Å². The fourth-order valence-electron chi connectivity index (χ4n) is 2.20. The number of carbonyl (C=O) groups excluding carboxylic acids is 1. The van der Waals surface area contributed by atoms with Gasteiger partial charge in [0.05, 0.1) is 0 Å². The maximum absolute atomic E-state index is 12.5. The number of amides is 1. The first-order chi connectivity index (χ1) is 11.5. The Morgan fingerprint density at radius 1 is 1.21 bits per heavy atom. The second-order valence-corrected chi connectivity index (χ2v) is 5.52. The van der Waals surface area contributed by atoms with Crippen LogP contribution in [0.25, 0.3) is 11.5 Å². The Bertz CT molecular complexity index is 859. The SMILES string of the molecule is Cc1ccc(-c2nnco2)cc1NC(=O)c1cc(N(C)C)ccn1. The van der Waals surface area contributed by atoms with Crippen molar-refractivity contribution in [3.8, 4) is 11.5 Å². The van der Waals surface area contributed by atoms with Gasteiger partial charge in [-0.3, -0.25) is 9.78 Å². The third-order valence-corrected chi connectivity index (χ3v) is 3.59. The predicted octanol–water partition coefficient (Wildman–Crippen LogP) is 2.76. The van der Waals surface area contributed by atoms with Crippen molar-refractivity contribution in [1.82, 2.24) is 15.2 Å². The van der Waals surface area contributed by atoms with Gasteiger partial charge in [0.2, 0.25) is 12.3 Å². The molecule has 1 N–H and O–H groups in total. The number of anilines is 2. The number of aromatic nitrogens is 3. The molecule has 0 spiro atoms. The highest BCUT2D eigenvalue weighted by Gasteiger charge is 2.12. The molecule has 0 unspecified atom stereocenters. The third kappa shape index (κ3) is 3.24. The number of nitrogens with zero attached hydrogens (tertiary/aromatic N) is 4. The molecule has 0 saturated heterocycles. The van der Waals surface area contributed by atoms with Crippen molar-refractivity contribution in [2.24, 2.45) is 0 Å². The van der Waals surface area contributed by atoms with Gasteiger partial charge < -0.3 is 14.6 Å². The second kappa shape index (κ2) is 6.49. The Kier molecular flexibility index (Phi) is 4.24.